The van der Waals surface area contributed by atoms with Gasteiger partial charge in [-0.3, -0.25) is 4.79 Å². The van der Waals surface area contributed by atoms with Crippen LogP contribution in [0.25, 0.3) is 0 Å². The summed E-state index contributed by atoms with van der Waals surface area (Å²) in [6.07, 6.45) is 1.90. The van der Waals surface area contributed by atoms with Crippen molar-refractivity contribution in [2.75, 3.05) is 13.2 Å². The van der Waals surface area contributed by atoms with Gasteiger partial charge in [-0.25, -0.2) is 0 Å². The third-order valence-electron chi connectivity index (χ3n) is 2.28. The molecule has 0 aliphatic heterocycles. The molecule has 0 fully saturated rings. The van der Waals surface area contributed by atoms with E-state index in [-0.39, 0.29) is 18.9 Å². The Hall–Kier alpha value is -1.44. The van der Waals surface area contributed by atoms with E-state index in [2.05, 4.69) is 5.32 Å². The van der Waals surface area contributed by atoms with Gasteiger partial charge in [-0.05, 0) is 18.6 Å². The van der Waals surface area contributed by atoms with Crippen LogP contribution in [0.4, 0.5) is 0 Å². The topological polar surface area (TPSA) is 78.5 Å². The van der Waals surface area contributed by atoms with E-state index in [1.54, 1.807) is 24.3 Å². The summed E-state index contributed by atoms with van der Waals surface area (Å²) in [5, 5.41) is 12.5. The maximum Gasteiger partial charge on any atom is 1.00 e. The summed E-state index contributed by atoms with van der Waals surface area (Å²) in [6.45, 7) is 2.06. The van der Waals surface area contributed by atoms with Crippen molar-refractivity contribution in [1.82, 2.24) is 5.32 Å². The normalized spacial score (nSPS) is 9.32. The summed E-state index contributed by atoms with van der Waals surface area (Å²) < 4.78 is 5.48. The van der Waals surface area contributed by atoms with Crippen LogP contribution in [0.1, 0.15) is 30.1 Å². The number of rotatable bonds is 7. The molecule has 5 nitrogen and oxygen atoms in total. The Labute approximate surface area is 124 Å². The number of nitrogens with one attached hydrogen (secondary N) is 1. The van der Waals surface area contributed by atoms with Gasteiger partial charge in [-0.1, -0.05) is 25.5 Å². The zero-order valence-corrected chi connectivity index (χ0v) is 11.3. The van der Waals surface area contributed by atoms with E-state index in [4.69, 9.17) is 4.74 Å². The van der Waals surface area contributed by atoms with Gasteiger partial charge >= 0.3 is 18.9 Å². The molecule has 0 spiro atoms. The Bertz CT molecular complexity index is 423. The minimum absolute atomic E-state index is 0. The van der Waals surface area contributed by atoms with Gasteiger partial charge in [0.05, 0.1) is 24.7 Å². The minimum atomic E-state index is -1.33. The standard InChI is InChI=1S/C13H17NO4.Li/c1-2-3-8-18-11-7-5-4-6-10(11)13(17)14-9-12(15)16;/h4-7H,2-3,8-9H2,1H3,(H,14,17)(H,15,16);/q;+1/p-1. The van der Waals surface area contributed by atoms with Crippen LogP contribution >= 0.6 is 0 Å². The van der Waals surface area contributed by atoms with E-state index in [1.165, 1.54) is 0 Å². The fourth-order valence-electron chi connectivity index (χ4n) is 1.35. The van der Waals surface area contributed by atoms with Crippen LogP contribution in [0.2, 0.25) is 0 Å². The molecule has 0 bridgehead atoms. The van der Waals surface area contributed by atoms with Gasteiger partial charge in [-0.2, -0.15) is 0 Å². The van der Waals surface area contributed by atoms with E-state index in [0.29, 0.717) is 17.9 Å². The number of benzene rings is 1. The number of ether oxygens (including phenoxy) is 1. The Morgan fingerprint density at radius 2 is 2.00 bits per heavy atom. The summed E-state index contributed by atoms with van der Waals surface area (Å²) in [5.41, 5.74) is 0.329. The molecule has 0 radical (unpaired) electrons. The fourth-order valence-corrected chi connectivity index (χ4v) is 1.35. The third-order valence-corrected chi connectivity index (χ3v) is 2.28. The van der Waals surface area contributed by atoms with Gasteiger partial charge in [0, 0.05) is 0 Å². The van der Waals surface area contributed by atoms with Crippen LogP contribution in [0.15, 0.2) is 24.3 Å². The second kappa shape index (κ2) is 9.48. The molecular formula is C13H16LiNO4. The van der Waals surface area contributed by atoms with Gasteiger partial charge in [0.2, 0.25) is 0 Å². The molecule has 98 valence electrons. The average molecular weight is 257 g/mol. The number of unbranched alkanes of at least 4 members (excludes halogenated alkanes) is 1. The van der Waals surface area contributed by atoms with Gasteiger partial charge < -0.3 is 20.0 Å². The smallest absolute Gasteiger partial charge is 0.548 e. The van der Waals surface area contributed by atoms with Gasteiger partial charge in [0.1, 0.15) is 5.75 Å². The Kier molecular flexibility index (Phi) is 8.76. The summed E-state index contributed by atoms with van der Waals surface area (Å²) in [5.74, 6) is -1.35. The largest absolute Gasteiger partial charge is 1.00 e. The predicted octanol–water partition coefficient (Wildman–Crippen LogP) is -2.65. The first-order chi connectivity index (χ1) is 8.65. The maximum absolute atomic E-state index is 11.7. The van der Waals surface area contributed by atoms with Crippen molar-refractivity contribution in [3.8, 4) is 5.75 Å². The number of carboxylic acids is 1. The first-order valence-corrected chi connectivity index (χ1v) is 5.85. The van der Waals surface area contributed by atoms with E-state index in [0.717, 1.165) is 12.8 Å². The summed E-state index contributed by atoms with van der Waals surface area (Å²) in [6, 6.07) is 6.73. The first-order valence-electron chi connectivity index (χ1n) is 5.85. The van der Waals surface area contributed by atoms with Crippen LogP contribution in [-0.2, 0) is 4.79 Å². The summed E-state index contributed by atoms with van der Waals surface area (Å²) in [7, 11) is 0. The molecule has 0 aromatic heterocycles. The molecule has 19 heavy (non-hydrogen) atoms. The van der Waals surface area contributed by atoms with Crippen LogP contribution in [0, 0.1) is 0 Å². The first kappa shape index (κ1) is 17.6. The molecular weight excluding hydrogens is 241 g/mol. The molecule has 1 amide bonds. The maximum atomic E-state index is 11.7. The predicted molar refractivity (Wildman–Crippen MR) is 64.2 cm³/mol. The number of hydrogen-bond acceptors (Lipinski definition) is 4. The molecule has 1 aromatic rings. The molecule has 0 saturated carbocycles. The van der Waals surface area contributed by atoms with Crippen molar-refractivity contribution >= 4 is 11.9 Å². The van der Waals surface area contributed by atoms with Crippen LogP contribution < -0.4 is 34.0 Å². The molecule has 1 N–H and O–H groups in total. The van der Waals surface area contributed by atoms with Crippen molar-refractivity contribution in [2.24, 2.45) is 0 Å². The number of hydrogen-bond donors (Lipinski definition) is 1. The van der Waals surface area contributed by atoms with Crippen molar-refractivity contribution in [3.05, 3.63) is 29.8 Å². The van der Waals surface area contributed by atoms with Crippen molar-refractivity contribution in [3.63, 3.8) is 0 Å². The molecule has 6 heteroatoms. The van der Waals surface area contributed by atoms with Crippen molar-refractivity contribution in [1.29, 1.82) is 0 Å². The summed E-state index contributed by atoms with van der Waals surface area (Å²) in [4.78, 5) is 22.0. The fraction of sp³-hybridized carbons (Fsp3) is 0.385. The van der Waals surface area contributed by atoms with Gasteiger partial charge in [-0.15, -0.1) is 0 Å². The second-order valence-corrected chi connectivity index (χ2v) is 3.75. The van der Waals surface area contributed by atoms with Crippen LogP contribution in [0.3, 0.4) is 0 Å². The third kappa shape index (κ3) is 6.32. The molecule has 0 atom stereocenters. The molecule has 1 aromatic carbocycles. The van der Waals surface area contributed by atoms with Crippen molar-refractivity contribution in [2.45, 2.75) is 19.8 Å². The van der Waals surface area contributed by atoms with Crippen LogP contribution in [0.5, 0.6) is 5.75 Å². The number of carbonyl (C=O) groups excluding carboxylic acids is 2. The second-order valence-electron chi connectivity index (χ2n) is 3.75. The SMILES string of the molecule is CCCCOc1ccccc1C(=O)NCC(=O)[O-].[Li+]. The minimum Gasteiger partial charge on any atom is -0.548 e. The molecule has 0 aliphatic rings. The Balaban J connectivity index is 0.00000324. The van der Waals surface area contributed by atoms with E-state index in [9.17, 15) is 14.7 Å². The monoisotopic (exact) mass is 257 g/mol. The van der Waals surface area contributed by atoms with Crippen LogP contribution in [-0.4, -0.2) is 25.0 Å². The number of para-hydroxylation sites is 1. The average Bonchev–Trinajstić information content (AvgIpc) is 2.37. The molecule has 0 unspecified atom stereocenters. The quantitative estimate of drug-likeness (QED) is 0.427. The van der Waals surface area contributed by atoms with E-state index < -0.39 is 18.4 Å². The van der Waals surface area contributed by atoms with Gasteiger partial charge in [0.25, 0.3) is 5.91 Å². The number of amides is 1. The molecule has 0 aliphatic carbocycles. The van der Waals surface area contributed by atoms with Crippen molar-refractivity contribution < 1.29 is 38.3 Å². The van der Waals surface area contributed by atoms with Gasteiger partial charge in [0.15, 0.2) is 0 Å². The zero-order valence-electron chi connectivity index (χ0n) is 11.3. The van der Waals surface area contributed by atoms with E-state index >= 15 is 0 Å². The Morgan fingerprint density at radius 3 is 2.63 bits per heavy atom. The Morgan fingerprint density at radius 1 is 1.32 bits per heavy atom. The number of carbonyl (C=O) groups is 2. The number of aliphatic carboxylic acids is 1. The summed E-state index contributed by atoms with van der Waals surface area (Å²) >= 11 is 0. The molecule has 0 heterocycles. The molecule has 0 saturated heterocycles. The zero-order chi connectivity index (χ0) is 13.4. The molecule has 1 rings (SSSR count). The number of carboxylic acid groups (broad SMARTS) is 1. The van der Waals surface area contributed by atoms with E-state index in [1.807, 2.05) is 6.92 Å².